The van der Waals surface area contributed by atoms with Crippen LogP contribution in [0.15, 0.2) is 53.5 Å². The predicted molar refractivity (Wildman–Crippen MR) is 110 cm³/mol. The summed E-state index contributed by atoms with van der Waals surface area (Å²) in [6, 6.07) is 13.7. The van der Waals surface area contributed by atoms with E-state index in [4.69, 9.17) is 4.74 Å². The normalized spacial score (nSPS) is 12.2. The van der Waals surface area contributed by atoms with Crippen LogP contribution in [0.1, 0.15) is 25.8 Å². The first kappa shape index (κ1) is 21.2. The van der Waals surface area contributed by atoms with E-state index in [2.05, 4.69) is 20.9 Å². The van der Waals surface area contributed by atoms with Crippen molar-refractivity contribution in [2.45, 2.75) is 32.9 Å². The van der Waals surface area contributed by atoms with Crippen molar-refractivity contribution < 1.29 is 13.9 Å². The maximum atomic E-state index is 13.3. The maximum absolute atomic E-state index is 13.3. The molecule has 7 heteroatoms. The van der Waals surface area contributed by atoms with Gasteiger partial charge in [0.25, 0.3) is 0 Å². The van der Waals surface area contributed by atoms with Gasteiger partial charge in [0.1, 0.15) is 17.7 Å². The highest BCUT2D eigenvalue weighted by molar-refractivity contribution is 5.88. The first-order chi connectivity index (χ1) is 13.5. The Balaban J connectivity index is 1.85. The van der Waals surface area contributed by atoms with Gasteiger partial charge in [-0.3, -0.25) is 9.79 Å². The first-order valence-corrected chi connectivity index (χ1v) is 9.23. The molecule has 0 spiro atoms. The Hall–Kier alpha value is -3.09. The van der Waals surface area contributed by atoms with Gasteiger partial charge in [0.2, 0.25) is 5.91 Å². The van der Waals surface area contributed by atoms with Crippen molar-refractivity contribution >= 4 is 17.6 Å². The molecule has 1 unspecified atom stereocenters. The topological polar surface area (TPSA) is 74.8 Å². The Morgan fingerprint density at radius 3 is 2.64 bits per heavy atom. The van der Waals surface area contributed by atoms with Gasteiger partial charge >= 0.3 is 0 Å². The van der Waals surface area contributed by atoms with Crippen LogP contribution in [0.4, 0.5) is 10.1 Å². The van der Waals surface area contributed by atoms with Crippen LogP contribution < -0.4 is 20.7 Å². The molecule has 0 bridgehead atoms. The van der Waals surface area contributed by atoms with Crippen molar-refractivity contribution in [3.8, 4) is 5.75 Å². The highest BCUT2D eigenvalue weighted by atomic mass is 19.1. The van der Waals surface area contributed by atoms with Crippen LogP contribution in [0.5, 0.6) is 5.75 Å². The standard InChI is InChI=1S/C21H27FN4O2/c1-4-19(28-20-10-6-8-17(22)12-20)14-25-21(23-3)24-13-16-7-5-9-18(11-16)26-15(2)27/h5-12,19H,4,13-14H2,1-3H3,(H,26,27)(H2,23,24,25). The zero-order valence-electron chi connectivity index (χ0n) is 16.5. The summed E-state index contributed by atoms with van der Waals surface area (Å²) >= 11 is 0. The molecule has 0 aliphatic heterocycles. The summed E-state index contributed by atoms with van der Waals surface area (Å²) in [5.41, 5.74) is 1.77. The molecule has 1 amide bonds. The minimum Gasteiger partial charge on any atom is -0.489 e. The van der Waals surface area contributed by atoms with Crippen molar-refractivity contribution in [1.29, 1.82) is 0 Å². The van der Waals surface area contributed by atoms with Crippen LogP contribution in [0.3, 0.4) is 0 Å². The average Bonchev–Trinajstić information content (AvgIpc) is 2.67. The molecule has 0 radical (unpaired) electrons. The van der Waals surface area contributed by atoms with Crippen molar-refractivity contribution in [2.24, 2.45) is 4.99 Å². The zero-order valence-corrected chi connectivity index (χ0v) is 16.5. The summed E-state index contributed by atoms with van der Waals surface area (Å²) in [4.78, 5) is 15.4. The average molecular weight is 386 g/mol. The highest BCUT2D eigenvalue weighted by Gasteiger charge is 2.10. The number of anilines is 1. The molecule has 0 saturated carbocycles. The summed E-state index contributed by atoms with van der Waals surface area (Å²) in [6.07, 6.45) is 0.641. The number of nitrogens with one attached hydrogen (secondary N) is 3. The van der Waals surface area contributed by atoms with E-state index in [1.54, 1.807) is 19.2 Å². The number of aliphatic imine (C=N–C) groups is 1. The molecule has 0 aromatic heterocycles. The number of amides is 1. The molecule has 0 fully saturated rings. The lowest BCUT2D eigenvalue weighted by Gasteiger charge is -2.20. The molecule has 0 aliphatic rings. The number of carbonyl (C=O) groups excluding carboxylic acids is 1. The summed E-state index contributed by atoms with van der Waals surface area (Å²) < 4.78 is 19.1. The van der Waals surface area contributed by atoms with Gasteiger partial charge in [-0.05, 0) is 36.2 Å². The Bertz CT molecular complexity index is 810. The Morgan fingerprint density at radius 2 is 1.96 bits per heavy atom. The number of nitrogens with zero attached hydrogens (tertiary/aromatic N) is 1. The molecule has 28 heavy (non-hydrogen) atoms. The lowest BCUT2D eigenvalue weighted by Crippen LogP contribution is -2.42. The van der Waals surface area contributed by atoms with Crippen molar-refractivity contribution in [3.05, 3.63) is 59.9 Å². The van der Waals surface area contributed by atoms with E-state index in [0.29, 0.717) is 24.8 Å². The summed E-state index contributed by atoms with van der Waals surface area (Å²) in [7, 11) is 1.69. The van der Waals surface area contributed by atoms with Gasteiger partial charge in [0.05, 0.1) is 6.54 Å². The second-order valence-electron chi connectivity index (χ2n) is 6.29. The molecule has 2 rings (SSSR count). The lowest BCUT2D eigenvalue weighted by atomic mass is 10.2. The summed E-state index contributed by atoms with van der Waals surface area (Å²) in [5.74, 6) is 0.711. The second-order valence-corrected chi connectivity index (χ2v) is 6.29. The molecule has 0 aliphatic carbocycles. The molecule has 3 N–H and O–H groups in total. The summed E-state index contributed by atoms with van der Waals surface area (Å²) in [5, 5.41) is 9.22. The lowest BCUT2D eigenvalue weighted by molar-refractivity contribution is -0.114. The van der Waals surface area contributed by atoms with Gasteiger partial charge < -0.3 is 20.7 Å². The fraction of sp³-hybridized carbons (Fsp3) is 0.333. The van der Waals surface area contributed by atoms with Crippen LogP contribution in [0.2, 0.25) is 0 Å². The molecule has 6 nitrogen and oxygen atoms in total. The number of hydrogen-bond acceptors (Lipinski definition) is 3. The molecular weight excluding hydrogens is 359 g/mol. The van der Waals surface area contributed by atoms with Crippen LogP contribution >= 0.6 is 0 Å². The fourth-order valence-corrected chi connectivity index (χ4v) is 2.58. The first-order valence-electron chi connectivity index (χ1n) is 9.23. The largest absolute Gasteiger partial charge is 0.489 e. The van der Waals surface area contributed by atoms with E-state index < -0.39 is 0 Å². The Labute approximate surface area is 165 Å². The number of halogens is 1. The smallest absolute Gasteiger partial charge is 0.221 e. The Kier molecular flexibility index (Phi) is 8.27. The number of rotatable bonds is 8. The van der Waals surface area contributed by atoms with Crippen LogP contribution in [-0.4, -0.2) is 31.6 Å². The van der Waals surface area contributed by atoms with Gasteiger partial charge in [-0.1, -0.05) is 25.1 Å². The third-order valence-electron chi connectivity index (χ3n) is 3.98. The number of carbonyl (C=O) groups is 1. The van der Waals surface area contributed by atoms with Gasteiger partial charge in [0.15, 0.2) is 5.96 Å². The van der Waals surface area contributed by atoms with E-state index in [9.17, 15) is 9.18 Å². The van der Waals surface area contributed by atoms with E-state index in [1.165, 1.54) is 19.1 Å². The van der Waals surface area contributed by atoms with Gasteiger partial charge in [0, 0.05) is 32.3 Å². The highest BCUT2D eigenvalue weighted by Crippen LogP contribution is 2.15. The molecule has 150 valence electrons. The third kappa shape index (κ3) is 7.26. The second kappa shape index (κ2) is 10.9. The van der Waals surface area contributed by atoms with Gasteiger partial charge in [-0.25, -0.2) is 4.39 Å². The predicted octanol–water partition coefficient (Wildman–Crippen LogP) is 3.31. The third-order valence-corrected chi connectivity index (χ3v) is 3.98. The zero-order chi connectivity index (χ0) is 20.4. The van der Waals surface area contributed by atoms with Crippen molar-refractivity contribution in [2.75, 3.05) is 18.9 Å². The monoisotopic (exact) mass is 386 g/mol. The maximum Gasteiger partial charge on any atom is 0.221 e. The van der Waals surface area contributed by atoms with E-state index in [1.807, 2.05) is 31.2 Å². The van der Waals surface area contributed by atoms with E-state index in [-0.39, 0.29) is 17.8 Å². The number of benzene rings is 2. The van der Waals surface area contributed by atoms with Crippen LogP contribution in [0.25, 0.3) is 0 Å². The summed E-state index contributed by atoms with van der Waals surface area (Å²) in [6.45, 7) is 4.56. The molecule has 2 aromatic rings. The van der Waals surface area contributed by atoms with E-state index in [0.717, 1.165) is 17.7 Å². The van der Waals surface area contributed by atoms with Gasteiger partial charge in [-0.2, -0.15) is 0 Å². The number of hydrogen-bond donors (Lipinski definition) is 3. The number of guanidine groups is 1. The SMILES string of the molecule is CCC(CNC(=NC)NCc1cccc(NC(C)=O)c1)Oc1cccc(F)c1. The van der Waals surface area contributed by atoms with Crippen molar-refractivity contribution in [1.82, 2.24) is 10.6 Å². The molecular formula is C21H27FN4O2. The molecule has 1 atom stereocenters. The van der Waals surface area contributed by atoms with Gasteiger partial charge in [-0.15, -0.1) is 0 Å². The minimum atomic E-state index is -0.320. The minimum absolute atomic E-state index is 0.105. The fourth-order valence-electron chi connectivity index (χ4n) is 2.58. The van der Waals surface area contributed by atoms with Crippen LogP contribution in [-0.2, 0) is 11.3 Å². The van der Waals surface area contributed by atoms with E-state index >= 15 is 0 Å². The van der Waals surface area contributed by atoms with Crippen LogP contribution in [0, 0.1) is 5.82 Å². The quantitative estimate of drug-likeness (QED) is 0.481. The van der Waals surface area contributed by atoms with Crippen molar-refractivity contribution in [3.63, 3.8) is 0 Å². The molecule has 2 aromatic carbocycles. The molecule has 0 heterocycles. The molecule has 0 saturated heterocycles. The number of ether oxygens (including phenoxy) is 1. The Morgan fingerprint density at radius 1 is 1.18 bits per heavy atom.